The van der Waals surface area contributed by atoms with Crippen molar-refractivity contribution in [2.24, 2.45) is 0 Å². The number of pyridine rings is 1. The number of halogens is 4. The van der Waals surface area contributed by atoms with E-state index in [1.165, 1.54) is 0 Å². The maximum atomic E-state index is 6.01. The van der Waals surface area contributed by atoms with E-state index in [2.05, 4.69) is 20.9 Å². The summed E-state index contributed by atoms with van der Waals surface area (Å²) < 4.78 is 2.97. The molecule has 6 heteroatoms. The van der Waals surface area contributed by atoms with Gasteiger partial charge in [-0.2, -0.15) is 0 Å². The molecule has 0 bridgehead atoms. The molecular formula is C13H7Br2Cl2N2-. The first kappa shape index (κ1) is 14.9. The zero-order valence-corrected chi connectivity index (χ0v) is 14.1. The van der Waals surface area contributed by atoms with E-state index < -0.39 is 0 Å². The molecule has 0 spiro atoms. The maximum absolute atomic E-state index is 6.01. The van der Waals surface area contributed by atoms with Crippen LogP contribution in [0.15, 0.2) is 47.2 Å². The number of aromatic nitrogens is 2. The van der Waals surface area contributed by atoms with Gasteiger partial charge in [0.25, 0.3) is 0 Å². The summed E-state index contributed by atoms with van der Waals surface area (Å²) in [6.45, 7) is 0. The molecule has 0 saturated carbocycles. The van der Waals surface area contributed by atoms with Crippen molar-refractivity contribution in [1.82, 2.24) is 9.38 Å². The lowest BCUT2D eigenvalue weighted by molar-refractivity contribution is -0.00000332. The van der Waals surface area contributed by atoms with Crippen LogP contribution in [0.4, 0.5) is 0 Å². The van der Waals surface area contributed by atoms with Crippen molar-refractivity contribution < 1.29 is 17.0 Å². The average molecular weight is 422 g/mol. The minimum Gasteiger partial charge on any atom is -1.00 e. The van der Waals surface area contributed by atoms with Crippen LogP contribution in [0, 0.1) is 0 Å². The number of hydrogen-bond donors (Lipinski definition) is 0. The van der Waals surface area contributed by atoms with E-state index in [0.29, 0.717) is 10.0 Å². The molecule has 0 aliphatic carbocycles. The van der Waals surface area contributed by atoms with Gasteiger partial charge in [-0.05, 0) is 40.2 Å². The average Bonchev–Trinajstić information content (AvgIpc) is 2.75. The van der Waals surface area contributed by atoms with E-state index in [-0.39, 0.29) is 17.0 Å². The molecule has 2 nitrogen and oxygen atoms in total. The third-order valence-electron chi connectivity index (χ3n) is 2.63. The van der Waals surface area contributed by atoms with Crippen molar-refractivity contribution >= 4 is 44.8 Å². The molecule has 0 unspecified atom stereocenters. The quantitative estimate of drug-likeness (QED) is 0.588. The molecule has 0 aliphatic rings. The molecule has 2 heterocycles. The standard InChI is InChI=1S/C13H7BrCl2N2.BrH/c14-9-2-4-13-17-12(7-18(13)6-9)8-1-3-10(15)11(16)5-8;/h1-7H;1H/p-1. The van der Waals surface area contributed by atoms with Crippen LogP contribution in [0.5, 0.6) is 0 Å². The van der Waals surface area contributed by atoms with Crippen LogP contribution >= 0.6 is 39.1 Å². The van der Waals surface area contributed by atoms with E-state index in [1.54, 1.807) is 6.07 Å². The van der Waals surface area contributed by atoms with Gasteiger partial charge in [0.1, 0.15) is 5.65 Å². The highest BCUT2D eigenvalue weighted by Gasteiger charge is 2.06. The predicted molar refractivity (Wildman–Crippen MR) is 78.3 cm³/mol. The second-order valence-corrected chi connectivity index (χ2v) is 5.60. The molecule has 3 rings (SSSR count). The molecule has 0 saturated heterocycles. The Morgan fingerprint density at radius 1 is 1.00 bits per heavy atom. The number of imidazole rings is 1. The monoisotopic (exact) mass is 419 g/mol. The molecule has 0 N–H and O–H groups in total. The van der Waals surface area contributed by atoms with Gasteiger partial charge in [0.15, 0.2) is 0 Å². The van der Waals surface area contributed by atoms with Crippen molar-refractivity contribution in [2.45, 2.75) is 0 Å². The lowest BCUT2D eigenvalue weighted by Crippen LogP contribution is -3.00. The first-order valence-electron chi connectivity index (χ1n) is 5.23. The number of rotatable bonds is 1. The molecule has 0 radical (unpaired) electrons. The molecule has 98 valence electrons. The van der Waals surface area contributed by atoms with Gasteiger partial charge < -0.3 is 21.4 Å². The Labute approximate surface area is 139 Å². The Kier molecular flexibility index (Phi) is 4.56. The van der Waals surface area contributed by atoms with Crippen LogP contribution in [-0.4, -0.2) is 9.38 Å². The van der Waals surface area contributed by atoms with Gasteiger partial charge in [-0.15, -0.1) is 0 Å². The minimum absolute atomic E-state index is 0. The Balaban J connectivity index is 0.00000133. The second kappa shape index (κ2) is 5.83. The Bertz CT molecular complexity index is 741. The van der Waals surface area contributed by atoms with E-state index in [0.717, 1.165) is 21.4 Å². The number of nitrogens with zero attached hydrogens (tertiary/aromatic N) is 2. The molecule has 2 aromatic heterocycles. The summed E-state index contributed by atoms with van der Waals surface area (Å²) in [5.41, 5.74) is 2.70. The zero-order valence-electron chi connectivity index (χ0n) is 9.45. The highest BCUT2D eigenvalue weighted by molar-refractivity contribution is 9.10. The smallest absolute Gasteiger partial charge is 0.137 e. The molecule has 1 aromatic carbocycles. The van der Waals surface area contributed by atoms with Crippen molar-refractivity contribution in [2.75, 3.05) is 0 Å². The van der Waals surface area contributed by atoms with Crippen molar-refractivity contribution in [3.8, 4) is 11.3 Å². The molecule has 0 aliphatic heterocycles. The van der Waals surface area contributed by atoms with Gasteiger partial charge in [-0.25, -0.2) is 4.98 Å². The van der Waals surface area contributed by atoms with Crippen LogP contribution < -0.4 is 17.0 Å². The third-order valence-corrected chi connectivity index (χ3v) is 3.84. The summed E-state index contributed by atoms with van der Waals surface area (Å²) in [7, 11) is 0. The lowest BCUT2D eigenvalue weighted by atomic mass is 10.2. The number of fused-ring (bicyclic) bond motifs is 1. The van der Waals surface area contributed by atoms with E-state index >= 15 is 0 Å². The van der Waals surface area contributed by atoms with E-state index in [4.69, 9.17) is 23.2 Å². The molecule has 0 atom stereocenters. The first-order chi connectivity index (χ1) is 8.63. The largest absolute Gasteiger partial charge is 1.00 e. The van der Waals surface area contributed by atoms with Crippen LogP contribution in [-0.2, 0) is 0 Å². The SMILES string of the molecule is Clc1ccc(-c2cn3cc(Br)ccc3n2)cc1Cl.[Br-]. The summed E-state index contributed by atoms with van der Waals surface area (Å²) in [6, 6.07) is 9.41. The Hall–Kier alpha value is -0.550. The summed E-state index contributed by atoms with van der Waals surface area (Å²) in [5.74, 6) is 0. The van der Waals surface area contributed by atoms with Gasteiger partial charge in [0, 0.05) is 22.4 Å². The summed E-state index contributed by atoms with van der Waals surface area (Å²) >= 11 is 15.3. The van der Waals surface area contributed by atoms with Gasteiger partial charge in [0.05, 0.1) is 15.7 Å². The fourth-order valence-electron chi connectivity index (χ4n) is 1.76. The predicted octanol–water partition coefficient (Wildman–Crippen LogP) is 2.07. The van der Waals surface area contributed by atoms with Crippen LogP contribution in [0.25, 0.3) is 16.9 Å². The summed E-state index contributed by atoms with van der Waals surface area (Å²) in [5, 5.41) is 1.08. The fraction of sp³-hybridized carbons (Fsp3) is 0. The van der Waals surface area contributed by atoms with Gasteiger partial charge in [0.2, 0.25) is 0 Å². The van der Waals surface area contributed by atoms with Crippen LogP contribution in [0.1, 0.15) is 0 Å². The molecule has 3 aromatic rings. The zero-order chi connectivity index (χ0) is 12.7. The molecule has 19 heavy (non-hydrogen) atoms. The molecule has 0 fully saturated rings. The van der Waals surface area contributed by atoms with Gasteiger partial charge in [-0.1, -0.05) is 29.3 Å². The summed E-state index contributed by atoms with van der Waals surface area (Å²) in [6.07, 6.45) is 3.92. The highest BCUT2D eigenvalue weighted by atomic mass is 79.9. The Morgan fingerprint density at radius 3 is 2.53 bits per heavy atom. The second-order valence-electron chi connectivity index (χ2n) is 3.87. The van der Waals surface area contributed by atoms with E-state index in [9.17, 15) is 0 Å². The van der Waals surface area contributed by atoms with Gasteiger partial charge in [-0.3, -0.25) is 0 Å². The van der Waals surface area contributed by atoms with Crippen molar-refractivity contribution in [1.29, 1.82) is 0 Å². The lowest BCUT2D eigenvalue weighted by Gasteiger charge is -1.98. The first-order valence-corrected chi connectivity index (χ1v) is 6.78. The third kappa shape index (κ3) is 2.97. The maximum Gasteiger partial charge on any atom is 0.137 e. The fourth-order valence-corrected chi connectivity index (χ4v) is 2.41. The summed E-state index contributed by atoms with van der Waals surface area (Å²) in [4.78, 5) is 4.54. The highest BCUT2D eigenvalue weighted by Crippen LogP contribution is 2.28. The minimum atomic E-state index is 0. The van der Waals surface area contributed by atoms with Crippen molar-refractivity contribution in [3.05, 3.63) is 57.2 Å². The molecule has 0 amide bonds. The van der Waals surface area contributed by atoms with Crippen molar-refractivity contribution in [3.63, 3.8) is 0 Å². The number of hydrogen-bond acceptors (Lipinski definition) is 1. The Morgan fingerprint density at radius 2 is 1.79 bits per heavy atom. The normalized spacial score (nSPS) is 10.5. The molecular weight excluding hydrogens is 415 g/mol. The van der Waals surface area contributed by atoms with Gasteiger partial charge >= 0.3 is 0 Å². The van der Waals surface area contributed by atoms with Crippen LogP contribution in [0.2, 0.25) is 10.0 Å². The van der Waals surface area contributed by atoms with Crippen LogP contribution in [0.3, 0.4) is 0 Å². The number of benzene rings is 1. The topological polar surface area (TPSA) is 17.3 Å². The van der Waals surface area contributed by atoms with E-state index in [1.807, 2.05) is 41.1 Å².